The van der Waals surface area contributed by atoms with E-state index in [4.69, 9.17) is 4.42 Å². The molecule has 0 fully saturated rings. The van der Waals surface area contributed by atoms with E-state index in [1.165, 1.54) is 0 Å². The minimum absolute atomic E-state index is 0.104. The molecule has 26 heavy (non-hydrogen) atoms. The SMILES string of the molecule is Cc1cccc(CS(=O)(=O)NC(Cc2ccccc2)c2nnc(C)o2)c1. The van der Waals surface area contributed by atoms with Gasteiger partial charge < -0.3 is 4.42 Å². The predicted octanol–water partition coefficient (Wildman–Crippen LogP) is 3.09. The summed E-state index contributed by atoms with van der Waals surface area (Å²) in [6, 6.07) is 16.4. The highest BCUT2D eigenvalue weighted by Gasteiger charge is 2.24. The van der Waals surface area contributed by atoms with E-state index < -0.39 is 16.1 Å². The molecule has 0 radical (unpaired) electrons. The molecule has 1 heterocycles. The quantitative estimate of drug-likeness (QED) is 0.690. The molecule has 0 saturated carbocycles. The zero-order valence-electron chi connectivity index (χ0n) is 14.7. The van der Waals surface area contributed by atoms with E-state index in [-0.39, 0.29) is 11.6 Å². The standard InChI is InChI=1S/C19H21N3O3S/c1-14-7-6-10-17(11-14)13-26(23,24)22-18(19-21-20-15(2)25-19)12-16-8-4-3-5-9-16/h3-11,18,22H,12-13H2,1-2H3. The van der Waals surface area contributed by atoms with E-state index in [0.717, 1.165) is 16.7 Å². The molecule has 1 unspecified atom stereocenters. The Hall–Kier alpha value is -2.51. The number of sulfonamides is 1. The van der Waals surface area contributed by atoms with Gasteiger partial charge in [0.1, 0.15) is 6.04 Å². The number of hydrogen-bond donors (Lipinski definition) is 1. The minimum Gasteiger partial charge on any atom is -0.424 e. The molecule has 0 bridgehead atoms. The van der Waals surface area contributed by atoms with Crippen LogP contribution in [0.3, 0.4) is 0 Å². The van der Waals surface area contributed by atoms with Gasteiger partial charge in [-0.05, 0) is 24.5 Å². The van der Waals surface area contributed by atoms with Crippen molar-refractivity contribution in [3.63, 3.8) is 0 Å². The summed E-state index contributed by atoms with van der Waals surface area (Å²) in [7, 11) is -3.59. The van der Waals surface area contributed by atoms with Gasteiger partial charge in [-0.2, -0.15) is 0 Å². The first-order chi connectivity index (χ1) is 12.4. The maximum Gasteiger partial charge on any atom is 0.234 e. The fourth-order valence-electron chi connectivity index (χ4n) is 2.76. The van der Waals surface area contributed by atoms with Crippen LogP contribution in [0.5, 0.6) is 0 Å². The maximum atomic E-state index is 12.7. The lowest BCUT2D eigenvalue weighted by Crippen LogP contribution is -2.31. The van der Waals surface area contributed by atoms with Gasteiger partial charge in [0.15, 0.2) is 0 Å². The van der Waals surface area contributed by atoms with Crippen molar-refractivity contribution in [2.75, 3.05) is 0 Å². The fourth-order valence-corrected chi connectivity index (χ4v) is 4.08. The van der Waals surface area contributed by atoms with E-state index in [1.54, 1.807) is 13.0 Å². The summed E-state index contributed by atoms with van der Waals surface area (Å²) < 4.78 is 33.6. The Morgan fingerprint density at radius 1 is 1.00 bits per heavy atom. The van der Waals surface area contributed by atoms with Crippen LogP contribution < -0.4 is 4.72 Å². The van der Waals surface area contributed by atoms with Crippen molar-refractivity contribution in [1.29, 1.82) is 0 Å². The van der Waals surface area contributed by atoms with E-state index in [2.05, 4.69) is 14.9 Å². The molecule has 3 rings (SSSR count). The molecule has 1 N–H and O–H groups in total. The highest BCUT2D eigenvalue weighted by atomic mass is 32.2. The third-order valence-electron chi connectivity index (χ3n) is 3.88. The molecule has 1 atom stereocenters. The lowest BCUT2D eigenvalue weighted by atomic mass is 10.1. The Labute approximate surface area is 153 Å². The van der Waals surface area contributed by atoms with Crippen LogP contribution >= 0.6 is 0 Å². The van der Waals surface area contributed by atoms with Crippen LogP contribution in [0, 0.1) is 13.8 Å². The van der Waals surface area contributed by atoms with Crippen molar-refractivity contribution >= 4 is 10.0 Å². The Morgan fingerprint density at radius 2 is 1.73 bits per heavy atom. The van der Waals surface area contributed by atoms with Gasteiger partial charge in [-0.1, -0.05) is 60.2 Å². The number of aromatic nitrogens is 2. The van der Waals surface area contributed by atoms with Crippen LogP contribution in [-0.4, -0.2) is 18.6 Å². The summed E-state index contributed by atoms with van der Waals surface area (Å²) in [6.45, 7) is 3.61. The highest BCUT2D eigenvalue weighted by Crippen LogP contribution is 2.20. The molecule has 7 heteroatoms. The summed E-state index contributed by atoms with van der Waals surface area (Å²) in [6.07, 6.45) is 0.426. The van der Waals surface area contributed by atoms with Gasteiger partial charge in [0.2, 0.25) is 21.8 Å². The molecular formula is C19H21N3O3S. The van der Waals surface area contributed by atoms with Crippen molar-refractivity contribution in [3.8, 4) is 0 Å². The lowest BCUT2D eigenvalue weighted by molar-refractivity contribution is 0.411. The fraction of sp³-hybridized carbons (Fsp3) is 0.263. The van der Waals surface area contributed by atoms with Gasteiger partial charge in [-0.25, -0.2) is 13.1 Å². The van der Waals surface area contributed by atoms with E-state index in [0.29, 0.717) is 12.3 Å². The number of benzene rings is 2. The van der Waals surface area contributed by atoms with E-state index in [1.807, 2.05) is 55.5 Å². The number of hydrogen-bond acceptors (Lipinski definition) is 5. The minimum atomic E-state index is -3.59. The van der Waals surface area contributed by atoms with Gasteiger partial charge >= 0.3 is 0 Å². The summed E-state index contributed by atoms with van der Waals surface area (Å²) >= 11 is 0. The van der Waals surface area contributed by atoms with Crippen LogP contribution in [0.25, 0.3) is 0 Å². The van der Waals surface area contributed by atoms with Crippen molar-refractivity contribution < 1.29 is 12.8 Å². The van der Waals surface area contributed by atoms with Crippen LogP contribution in [0.15, 0.2) is 59.0 Å². The van der Waals surface area contributed by atoms with Crippen molar-refractivity contribution in [2.24, 2.45) is 0 Å². The molecule has 2 aromatic carbocycles. The van der Waals surface area contributed by atoms with Crippen LogP contribution in [0.1, 0.15) is 34.5 Å². The van der Waals surface area contributed by atoms with Crippen LogP contribution in [0.4, 0.5) is 0 Å². The molecule has 136 valence electrons. The molecule has 1 aromatic heterocycles. The van der Waals surface area contributed by atoms with Gasteiger partial charge in [0.05, 0.1) is 5.75 Å². The summed E-state index contributed by atoms with van der Waals surface area (Å²) in [5, 5.41) is 7.83. The second kappa shape index (κ2) is 7.80. The molecule has 0 aliphatic heterocycles. The molecule has 6 nitrogen and oxygen atoms in total. The zero-order valence-corrected chi connectivity index (χ0v) is 15.5. The molecule has 0 amide bonds. The summed E-state index contributed by atoms with van der Waals surface area (Å²) in [4.78, 5) is 0. The second-order valence-corrected chi connectivity index (χ2v) is 8.02. The largest absolute Gasteiger partial charge is 0.424 e. The molecular weight excluding hydrogens is 350 g/mol. The molecule has 0 saturated heterocycles. The topological polar surface area (TPSA) is 85.1 Å². The van der Waals surface area contributed by atoms with Crippen LogP contribution in [0.2, 0.25) is 0 Å². The van der Waals surface area contributed by atoms with Gasteiger partial charge in [-0.3, -0.25) is 0 Å². The number of nitrogens with one attached hydrogen (secondary N) is 1. The third kappa shape index (κ3) is 5.00. The second-order valence-electron chi connectivity index (χ2n) is 6.27. The van der Waals surface area contributed by atoms with Gasteiger partial charge in [0, 0.05) is 6.92 Å². The zero-order chi connectivity index (χ0) is 18.6. The predicted molar refractivity (Wildman–Crippen MR) is 98.9 cm³/mol. The number of rotatable bonds is 7. The molecule has 0 spiro atoms. The van der Waals surface area contributed by atoms with Crippen LogP contribution in [-0.2, 0) is 22.2 Å². The summed E-state index contributed by atoms with van der Waals surface area (Å²) in [5.74, 6) is 0.558. The highest BCUT2D eigenvalue weighted by molar-refractivity contribution is 7.88. The molecule has 3 aromatic rings. The Morgan fingerprint density at radius 3 is 2.38 bits per heavy atom. The normalized spacial score (nSPS) is 12.8. The van der Waals surface area contributed by atoms with E-state index in [9.17, 15) is 8.42 Å². The monoisotopic (exact) mass is 371 g/mol. The Bertz CT molecular complexity index is 968. The van der Waals surface area contributed by atoms with Crippen molar-refractivity contribution in [2.45, 2.75) is 32.1 Å². The number of nitrogens with zero attached hydrogens (tertiary/aromatic N) is 2. The first-order valence-electron chi connectivity index (χ1n) is 8.31. The number of aryl methyl sites for hydroxylation is 2. The lowest BCUT2D eigenvalue weighted by Gasteiger charge is -2.16. The van der Waals surface area contributed by atoms with Gasteiger partial charge in [0.25, 0.3) is 0 Å². The molecule has 0 aliphatic rings. The average Bonchev–Trinajstić information content (AvgIpc) is 3.01. The Kier molecular flexibility index (Phi) is 5.49. The van der Waals surface area contributed by atoms with Gasteiger partial charge in [-0.15, -0.1) is 10.2 Å². The first kappa shape index (κ1) is 18.3. The summed E-state index contributed by atoms with van der Waals surface area (Å²) in [5.41, 5.74) is 2.73. The third-order valence-corrected chi connectivity index (χ3v) is 5.24. The molecule has 0 aliphatic carbocycles. The van der Waals surface area contributed by atoms with E-state index >= 15 is 0 Å². The average molecular weight is 371 g/mol. The van der Waals surface area contributed by atoms with Crippen molar-refractivity contribution in [1.82, 2.24) is 14.9 Å². The maximum absolute atomic E-state index is 12.7. The Balaban J connectivity index is 1.82. The van der Waals surface area contributed by atoms with Crippen molar-refractivity contribution in [3.05, 3.63) is 83.1 Å². The first-order valence-corrected chi connectivity index (χ1v) is 9.96. The smallest absolute Gasteiger partial charge is 0.234 e.